The number of rotatable bonds is 3. The normalized spacial score (nSPS) is 10.6. The summed E-state index contributed by atoms with van der Waals surface area (Å²) in [5.41, 5.74) is 0.928. The van der Waals surface area contributed by atoms with Crippen molar-refractivity contribution in [2.24, 2.45) is 0 Å². The molecule has 4 nitrogen and oxygen atoms in total. The van der Waals surface area contributed by atoms with Gasteiger partial charge in [0.25, 0.3) is 0 Å². The highest BCUT2D eigenvalue weighted by atomic mass is 19.1. The molecule has 0 radical (unpaired) electrons. The van der Waals surface area contributed by atoms with Crippen LogP contribution in [-0.4, -0.2) is 16.1 Å². The summed E-state index contributed by atoms with van der Waals surface area (Å²) < 4.78 is 27.3. The van der Waals surface area contributed by atoms with Crippen LogP contribution in [0.4, 0.5) is 20.2 Å². The first-order valence-electron chi connectivity index (χ1n) is 6.39. The number of nitrogens with zero attached hydrogens (tertiary/aromatic N) is 1. The Kier molecular flexibility index (Phi) is 3.42. The molecular weight excluding hydrogens is 290 g/mol. The van der Waals surface area contributed by atoms with Gasteiger partial charge < -0.3 is 10.4 Å². The first-order valence-corrected chi connectivity index (χ1v) is 6.39. The molecule has 6 heteroatoms. The highest BCUT2D eigenvalue weighted by Crippen LogP contribution is 2.27. The largest absolute Gasteiger partial charge is 0.478 e. The molecule has 110 valence electrons. The number of carboxylic acid groups (broad SMARTS) is 1. The van der Waals surface area contributed by atoms with Crippen LogP contribution in [-0.2, 0) is 0 Å². The zero-order valence-corrected chi connectivity index (χ0v) is 11.2. The van der Waals surface area contributed by atoms with Crippen molar-refractivity contribution in [3.8, 4) is 0 Å². The molecule has 0 aliphatic rings. The van der Waals surface area contributed by atoms with E-state index in [-0.39, 0.29) is 11.3 Å². The number of anilines is 2. The van der Waals surface area contributed by atoms with Gasteiger partial charge in [-0.3, -0.25) is 4.98 Å². The second-order valence-corrected chi connectivity index (χ2v) is 4.64. The number of aromatic carboxylic acids is 1. The predicted octanol–water partition coefficient (Wildman–Crippen LogP) is 3.95. The summed E-state index contributed by atoms with van der Waals surface area (Å²) in [6.45, 7) is 0. The van der Waals surface area contributed by atoms with Crippen molar-refractivity contribution in [3.63, 3.8) is 0 Å². The molecule has 0 amide bonds. The second-order valence-electron chi connectivity index (χ2n) is 4.64. The first kappa shape index (κ1) is 13.9. The summed E-state index contributed by atoms with van der Waals surface area (Å²) in [5.74, 6) is -2.21. The van der Waals surface area contributed by atoms with Crippen LogP contribution in [0.15, 0.2) is 48.7 Å². The lowest BCUT2D eigenvalue weighted by Crippen LogP contribution is -2.01. The van der Waals surface area contributed by atoms with Crippen molar-refractivity contribution in [1.29, 1.82) is 0 Å². The Labute approximate surface area is 124 Å². The third-order valence-corrected chi connectivity index (χ3v) is 3.19. The Morgan fingerprint density at radius 2 is 1.86 bits per heavy atom. The van der Waals surface area contributed by atoms with Gasteiger partial charge in [-0.1, -0.05) is 0 Å². The van der Waals surface area contributed by atoms with Crippen LogP contribution in [0.5, 0.6) is 0 Å². The van der Waals surface area contributed by atoms with Crippen molar-refractivity contribution in [2.75, 3.05) is 5.32 Å². The maximum absolute atomic E-state index is 13.9. The van der Waals surface area contributed by atoms with Crippen LogP contribution in [0.2, 0.25) is 0 Å². The molecule has 22 heavy (non-hydrogen) atoms. The Morgan fingerprint density at radius 3 is 2.64 bits per heavy atom. The zero-order valence-electron chi connectivity index (χ0n) is 11.2. The molecule has 3 aromatic rings. The van der Waals surface area contributed by atoms with Crippen LogP contribution in [0.25, 0.3) is 10.9 Å². The van der Waals surface area contributed by atoms with E-state index in [4.69, 9.17) is 5.11 Å². The molecule has 0 aliphatic heterocycles. The minimum absolute atomic E-state index is 0.00309. The molecular formula is C16H10F2N2O2. The summed E-state index contributed by atoms with van der Waals surface area (Å²) in [5, 5.41) is 12.2. The third kappa shape index (κ3) is 2.58. The van der Waals surface area contributed by atoms with Crippen LogP contribution < -0.4 is 5.32 Å². The molecule has 0 aliphatic carbocycles. The third-order valence-electron chi connectivity index (χ3n) is 3.19. The SMILES string of the molecule is O=C(O)c1ccc(F)c(Nc2ccnc3ccc(F)cc23)c1. The van der Waals surface area contributed by atoms with Crippen molar-refractivity contribution in [1.82, 2.24) is 4.98 Å². The average molecular weight is 300 g/mol. The average Bonchev–Trinajstić information content (AvgIpc) is 2.49. The smallest absolute Gasteiger partial charge is 0.335 e. The number of carbonyl (C=O) groups is 1. The van der Waals surface area contributed by atoms with E-state index in [0.29, 0.717) is 16.6 Å². The number of fused-ring (bicyclic) bond motifs is 1. The molecule has 1 aromatic heterocycles. The van der Waals surface area contributed by atoms with Gasteiger partial charge in [0.15, 0.2) is 0 Å². The first-order chi connectivity index (χ1) is 10.5. The van der Waals surface area contributed by atoms with Gasteiger partial charge in [0.05, 0.1) is 16.8 Å². The molecule has 2 N–H and O–H groups in total. The van der Waals surface area contributed by atoms with E-state index in [9.17, 15) is 13.6 Å². The Bertz CT molecular complexity index is 881. The van der Waals surface area contributed by atoms with E-state index in [0.717, 1.165) is 6.07 Å². The van der Waals surface area contributed by atoms with Gasteiger partial charge in [0, 0.05) is 17.3 Å². The van der Waals surface area contributed by atoms with Gasteiger partial charge in [-0.2, -0.15) is 0 Å². The fourth-order valence-corrected chi connectivity index (χ4v) is 2.13. The maximum Gasteiger partial charge on any atom is 0.335 e. The molecule has 2 aromatic carbocycles. The van der Waals surface area contributed by atoms with Crippen LogP contribution in [0.3, 0.4) is 0 Å². The molecule has 0 atom stereocenters. The van der Waals surface area contributed by atoms with Gasteiger partial charge in [0.2, 0.25) is 0 Å². The monoisotopic (exact) mass is 300 g/mol. The summed E-state index contributed by atoms with van der Waals surface area (Å²) in [7, 11) is 0. The topological polar surface area (TPSA) is 62.2 Å². The minimum Gasteiger partial charge on any atom is -0.478 e. The van der Waals surface area contributed by atoms with Crippen LogP contribution in [0.1, 0.15) is 10.4 Å². The van der Waals surface area contributed by atoms with Gasteiger partial charge in [-0.15, -0.1) is 0 Å². The van der Waals surface area contributed by atoms with E-state index in [2.05, 4.69) is 10.3 Å². The molecule has 0 unspecified atom stereocenters. The van der Waals surface area contributed by atoms with Crippen LogP contribution in [0, 0.1) is 11.6 Å². The molecule has 0 fully saturated rings. The van der Waals surface area contributed by atoms with Crippen molar-refractivity contribution in [3.05, 3.63) is 65.9 Å². The Balaban J connectivity index is 2.09. The molecule has 0 saturated carbocycles. The van der Waals surface area contributed by atoms with Gasteiger partial charge >= 0.3 is 5.97 Å². The fraction of sp³-hybridized carbons (Fsp3) is 0. The van der Waals surface area contributed by atoms with E-state index >= 15 is 0 Å². The van der Waals surface area contributed by atoms with Crippen molar-refractivity contribution >= 4 is 28.2 Å². The molecule has 3 rings (SSSR count). The standard InChI is InChI=1S/C16H10F2N2O2/c17-10-2-4-13-11(8-10)14(5-6-19-13)20-15-7-9(16(21)22)1-3-12(15)18/h1-8H,(H,19,20)(H,21,22). The Hall–Kier alpha value is -3.02. The number of aromatic nitrogens is 1. The van der Waals surface area contributed by atoms with Crippen LogP contribution >= 0.6 is 0 Å². The van der Waals surface area contributed by atoms with Crippen molar-refractivity contribution in [2.45, 2.75) is 0 Å². The second kappa shape index (κ2) is 5.40. The maximum atomic E-state index is 13.9. The number of pyridine rings is 1. The lowest BCUT2D eigenvalue weighted by atomic mass is 10.1. The number of hydrogen-bond donors (Lipinski definition) is 2. The number of benzene rings is 2. The lowest BCUT2D eigenvalue weighted by Gasteiger charge is -2.11. The predicted molar refractivity (Wildman–Crippen MR) is 78.3 cm³/mol. The summed E-state index contributed by atoms with van der Waals surface area (Å²) in [6, 6.07) is 9.06. The number of carboxylic acids is 1. The molecule has 1 heterocycles. The summed E-state index contributed by atoms with van der Waals surface area (Å²) in [6.07, 6.45) is 1.50. The number of halogens is 2. The molecule has 0 spiro atoms. The Morgan fingerprint density at radius 1 is 1.05 bits per heavy atom. The minimum atomic E-state index is -1.16. The summed E-state index contributed by atoms with van der Waals surface area (Å²) >= 11 is 0. The number of hydrogen-bond acceptors (Lipinski definition) is 3. The van der Waals surface area contributed by atoms with Crippen molar-refractivity contribution < 1.29 is 18.7 Å². The van der Waals surface area contributed by atoms with Gasteiger partial charge in [-0.25, -0.2) is 13.6 Å². The molecule has 0 bridgehead atoms. The highest BCUT2D eigenvalue weighted by Gasteiger charge is 2.10. The highest BCUT2D eigenvalue weighted by molar-refractivity contribution is 5.94. The quantitative estimate of drug-likeness (QED) is 0.768. The fourth-order valence-electron chi connectivity index (χ4n) is 2.13. The van der Waals surface area contributed by atoms with E-state index < -0.39 is 17.6 Å². The van der Waals surface area contributed by atoms with E-state index in [1.165, 1.54) is 36.5 Å². The summed E-state index contributed by atoms with van der Waals surface area (Å²) in [4.78, 5) is 15.1. The lowest BCUT2D eigenvalue weighted by molar-refractivity contribution is 0.0697. The van der Waals surface area contributed by atoms with E-state index in [1.54, 1.807) is 6.07 Å². The van der Waals surface area contributed by atoms with Gasteiger partial charge in [0.1, 0.15) is 11.6 Å². The number of nitrogens with one attached hydrogen (secondary N) is 1. The van der Waals surface area contributed by atoms with Gasteiger partial charge in [-0.05, 0) is 42.5 Å². The zero-order chi connectivity index (χ0) is 15.7. The van der Waals surface area contributed by atoms with E-state index in [1.807, 2.05) is 0 Å². The molecule has 0 saturated heterocycles.